The first kappa shape index (κ1) is 20.6. The molecule has 0 aliphatic carbocycles. The van der Waals surface area contributed by atoms with Crippen molar-refractivity contribution in [2.75, 3.05) is 29.4 Å². The third kappa shape index (κ3) is 3.72. The minimum Gasteiger partial charge on any atom is -0.372 e. The molecule has 1 N–H and O–H groups in total. The van der Waals surface area contributed by atoms with Crippen LogP contribution in [0.1, 0.15) is 48.7 Å². The van der Waals surface area contributed by atoms with Gasteiger partial charge in [0, 0.05) is 29.7 Å². The molecule has 0 bridgehead atoms. The lowest BCUT2D eigenvalue weighted by Gasteiger charge is -2.32. The second kappa shape index (κ2) is 8.30. The third-order valence-corrected chi connectivity index (χ3v) is 6.87. The van der Waals surface area contributed by atoms with Crippen molar-refractivity contribution in [3.63, 3.8) is 0 Å². The first-order valence-electron chi connectivity index (χ1n) is 11.5. The molecule has 1 atom stereocenters. The predicted molar refractivity (Wildman–Crippen MR) is 129 cm³/mol. The van der Waals surface area contributed by atoms with E-state index in [1.54, 1.807) is 4.90 Å². The Labute approximate surface area is 189 Å². The highest BCUT2D eigenvalue weighted by atomic mass is 16.2. The first-order valence-corrected chi connectivity index (χ1v) is 11.5. The second-order valence-electron chi connectivity index (χ2n) is 9.12. The fourth-order valence-electron chi connectivity index (χ4n) is 4.89. The van der Waals surface area contributed by atoms with E-state index in [-0.39, 0.29) is 24.4 Å². The lowest BCUT2D eigenvalue weighted by Crippen LogP contribution is -2.39. The molecule has 5 rings (SSSR count). The minimum absolute atomic E-state index is 0.0149. The van der Waals surface area contributed by atoms with E-state index in [9.17, 15) is 9.59 Å². The molecule has 2 aliphatic rings. The van der Waals surface area contributed by atoms with Gasteiger partial charge in [0.1, 0.15) is 6.54 Å². The number of carbonyl (C=O) groups is 2. The molecule has 0 aromatic heterocycles. The van der Waals surface area contributed by atoms with Crippen LogP contribution in [0.3, 0.4) is 0 Å². The molecule has 5 nitrogen and oxygen atoms in total. The monoisotopic (exact) mass is 427 g/mol. The van der Waals surface area contributed by atoms with Crippen LogP contribution in [0.4, 0.5) is 11.4 Å². The average Bonchev–Trinajstić information content (AvgIpc) is 3.07. The summed E-state index contributed by atoms with van der Waals surface area (Å²) in [6.45, 7) is 6.52. The number of piperidine rings is 1. The summed E-state index contributed by atoms with van der Waals surface area (Å²) in [6.07, 6.45) is 2.47. The van der Waals surface area contributed by atoms with Gasteiger partial charge < -0.3 is 10.2 Å². The Morgan fingerprint density at radius 1 is 1.03 bits per heavy atom. The largest absolute Gasteiger partial charge is 0.372 e. The van der Waals surface area contributed by atoms with E-state index < -0.39 is 0 Å². The Hall–Kier alpha value is -3.34. The van der Waals surface area contributed by atoms with Crippen LogP contribution in [-0.4, -0.2) is 31.4 Å². The highest BCUT2D eigenvalue weighted by Crippen LogP contribution is 2.37. The maximum absolute atomic E-state index is 12.9. The van der Waals surface area contributed by atoms with E-state index in [1.165, 1.54) is 18.5 Å². The van der Waals surface area contributed by atoms with Gasteiger partial charge in [-0.2, -0.15) is 0 Å². The zero-order chi connectivity index (χ0) is 22.2. The Bertz CT molecular complexity index is 1160. The zero-order valence-electron chi connectivity index (χ0n) is 18.7. The molecule has 1 saturated heterocycles. The van der Waals surface area contributed by atoms with Crippen LogP contribution in [0.5, 0.6) is 0 Å². The van der Waals surface area contributed by atoms with Crippen LogP contribution >= 0.6 is 0 Å². The molecule has 1 fully saturated rings. The molecule has 2 heterocycles. The van der Waals surface area contributed by atoms with Crippen molar-refractivity contribution < 1.29 is 9.59 Å². The Morgan fingerprint density at radius 2 is 1.72 bits per heavy atom. The van der Waals surface area contributed by atoms with Gasteiger partial charge in [0.25, 0.3) is 5.91 Å². The van der Waals surface area contributed by atoms with Gasteiger partial charge in [0.05, 0.1) is 11.7 Å². The van der Waals surface area contributed by atoms with Gasteiger partial charge in [-0.05, 0) is 60.9 Å². The highest BCUT2D eigenvalue weighted by molar-refractivity contribution is 6.26. The third-order valence-electron chi connectivity index (χ3n) is 6.87. The molecule has 2 amide bonds. The molecule has 0 radical (unpaired) electrons. The van der Waals surface area contributed by atoms with E-state index in [4.69, 9.17) is 0 Å². The molecule has 32 heavy (non-hydrogen) atoms. The standard InChI is InChI=1S/C27H29N3O2/c1-18-13-15-29(16-14-18)22-11-9-20(10-12-22)19(2)28-25(31)17-30-24-8-4-6-21-5-3-7-23(26(21)24)27(30)32/h3-12,18-19H,13-17H2,1-2H3,(H,28,31)/t19-/m0/s1. The van der Waals surface area contributed by atoms with Crippen molar-refractivity contribution in [1.82, 2.24) is 5.32 Å². The number of hydrogen-bond acceptors (Lipinski definition) is 3. The number of hydrogen-bond donors (Lipinski definition) is 1. The van der Waals surface area contributed by atoms with Gasteiger partial charge in [0.15, 0.2) is 0 Å². The van der Waals surface area contributed by atoms with Crippen LogP contribution in [-0.2, 0) is 4.79 Å². The summed E-state index contributed by atoms with van der Waals surface area (Å²) >= 11 is 0. The van der Waals surface area contributed by atoms with Crippen molar-refractivity contribution in [3.05, 3.63) is 71.8 Å². The van der Waals surface area contributed by atoms with Crippen LogP contribution in [0.2, 0.25) is 0 Å². The van der Waals surface area contributed by atoms with E-state index in [0.717, 1.165) is 41.0 Å². The highest BCUT2D eigenvalue weighted by Gasteiger charge is 2.31. The van der Waals surface area contributed by atoms with Gasteiger partial charge in [-0.3, -0.25) is 14.5 Å². The number of anilines is 2. The summed E-state index contributed by atoms with van der Waals surface area (Å²) < 4.78 is 0. The van der Waals surface area contributed by atoms with Crippen molar-refractivity contribution in [2.24, 2.45) is 5.92 Å². The summed E-state index contributed by atoms with van der Waals surface area (Å²) in [5.74, 6) is 0.535. The lowest BCUT2D eigenvalue weighted by molar-refractivity contribution is -0.120. The van der Waals surface area contributed by atoms with E-state index in [1.807, 2.05) is 43.3 Å². The van der Waals surface area contributed by atoms with Gasteiger partial charge in [0.2, 0.25) is 5.91 Å². The minimum atomic E-state index is -0.162. The molecule has 3 aromatic rings. The van der Waals surface area contributed by atoms with Crippen molar-refractivity contribution in [3.8, 4) is 0 Å². The van der Waals surface area contributed by atoms with E-state index in [0.29, 0.717) is 5.56 Å². The Morgan fingerprint density at radius 3 is 2.44 bits per heavy atom. The van der Waals surface area contributed by atoms with Crippen LogP contribution in [0, 0.1) is 5.92 Å². The lowest BCUT2D eigenvalue weighted by atomic mass is 9.98. The SMILES string of the molecule is CC1CCN(c2ccc([C@H](C)NC(=O)CN3C(=O)c4cccc5cccc3c45)cc2)CC1. The number of nitrogens with one attached hydrogen (secondary N) is 1. The van der Waals surface area contributed by atoms with Gasteiger partial charge >= 0.3 is 0 Å². The van der Waals surface area contributed by atoms with Crippen LogP contribution in [0.15, 0.2) is 60.7 Å². The number of carbonyl (C=O) groups excluding carboxylic acids is 2. The topological polar surface area (TPSA) is 52.7 Å². The maximum Gasteiger partial charge on any atom is 0.259 e. The van der Waals surface area contributed by atoms with Gasteiger partial charge in [-0.25, -0.2) is 0 Å². The van der Waals surface area contributed by atoms with Crippen LogP contribution in [0.25, 0.3) is 10.8 Å². The summed E-state index contributed by atoms with van der Waals surface area (Å²) in [5, 5.41) is 5.02. The molecule has 164 valence electrons. The van der Waals surface area contributed by atoms with Crippen LogP contribution < -0.4 is 15.1 Å². The number of benzene rings is 3. The van der Waals surface area contributed by atoms with E-state index >= 15 is 0 Å². The smallest absolute Gasteiger partial charge is 0.259 e. The molecule has 0 spiro atoms. The molecule has 2 aliphatic heterocycles. The average molecular weight is 428 g/mol. The van der Waals surface area contributed by atoms with Crippen molar-refractivity contribution >= 4 is 34.0 Å². The number of nitrogens with zero attached hydrogens (tertiary/aromatic N) is 2. The fourth-order valence-corrected chi connectivity index (χ4v) is 4.89. The van der Waals surface area contributed by atoms with Crippen molar-refractivity contribution in [1.29, 1.82) is 0 Å². The first-order chi connectivity index (χ1) is 15.5. The summed E-state index contributed by atoms with van der Waals surface area (Å²) in [6, 6.07) is 19.9. The molecule has 0 unspecified atom stereocenters. The van der Waals surface area contributed by atoms with E-state index in [2.05, 4.69) is 41.4 Å². The summed E-state index contributed by atoms with van der Waals surface area (Å²) in [5.41, 5.74) is 3.78. The Balaban J connectivity index is 1.24. The molecule has 3 aromatic carbocycles. The molecule has 5 heteroatoms. The molecular formula is C27H29N3O2. The number of rotatable bonds is 5. The predicted octanol–water partition coefficient (Wildman–Crippen LogP) is 4.91. The van der Waals surface area contributed by atoms with Gasteiger partial charge in [-0.1, -0.05) is 43.3 Å². The Kier molecular flexibility index (Phi) is 5.33. The summed E-state index contributed by atoms with van der Waals surface area (Å²) in [7, 11) is 0. The van der Waals surface area contributed by atoms with Gasteiger partial charge in [-0.15, -0.1) is 0 Å². The number of amides is 2. The maximum atomic E-state index is 12.9. The molecular weight excluding hydrogens is 398 g/mol. The quantitative estimate of drug-likeness (QED) is 0.629. The molecule has 0 saturated carbocycles. The summed E-state index contributed by atoms with van der Waals surface area (Å²) in [4.78, 5) is 29.8. The second-order valence-corrected chi connectivity index (χ2v) is 9.12. The zero-order valence-corrected chi connectivity index (χ0v) is 18.7. The van der Waals surface area contributed by atoms with Crippen molar-refractivity contribution in [2.45, 2.75) is 32.7 Å². The normalized spacial score (nSPS) is 17.1. The fraction of sp³-hybridized carbons (Fsp3) is 0.333.